The number of nitrogens with one attached hydrogen (secondary N) is 1. The number of hydrogen-bond donors (Lipinski definition) is 2. The summed E-state index contributed by atoms with van der Waals surface area (Å²) in [6.45, 7) is 1.75. The van der Waals surface area contributed by atoms with Gasteiger partial charge in [-0.2, -0.15) is 0 Å². The predicted octanol–water partition coefficient (Wildman–Crippen LogP) is 2.86. The molecule has 110 valence electrons. The van der Waals surface area contributed by atoms with Gasteiger partial charge in [0.1, 0.15) is 11.6 Å². The van der Waals surface area contributed by atoms with Crippen LogP contribution in [-0.2, 0) is 4.79 Å². The fourth-order valence-electron chi connectivity index (χ4n) is 1.77. The standard InChI is InChI=1S/C16H17FN2O2/c1-11(18)12-3-2-4-15(9-12)21-10-16(20)19-14-7-5-13(17)6-8-14/h2-9,11H,10,18H2,1H3,(H,19,20). The first-order chi connectivity index (χ1) is 10.0. The van der Waals surface area contributed by atoms with Crippen molar-refractivity contribution in [3.8, 4) is 5.75 Å². The molecule has 0 aromatic heterocycles. The maximum absolute atomic E-state index is 12.7. The van der Waals surface area contributed by atoms with Crippen LogP contribution in [0, 0.1) is 5.82 Å². The maximum Gasteiger partial charge on any atom is 0.262 e. The Labute approximate surface area is 122 Å². The molecule has 4 nitrogen and oxygen atoms in total. The highest BCUT2D eigenvalue weighted by Gasteiger charge is 2.05. The lowest BCUT2D eigenvalue weighted by Crippen LogP contribution is -2.20. The predicted molar refractivity (Wildman–Crippen MR) is 79.6 cm³/mol. The van der Waals surface area contributed by atoms with E-state index in [2.05, 4.69) is 5.32 Å². The third-order valence-corrected chi connectivity index (χ3v) is 2.88. The molecule has 1 atom stereocenters. The topological polar surface area (TPSA) is 64.3 Å². The van der Waals surface area contributed by atoms with Crippen molar-refractivity contribution in [2.24, 2.45) is 5.73 Å². The van der Waals surface area contributed by atoms with E-state index >= 15 is 0 Å². The van der Waals surface area contributed by atoms with Gasteiger partial charge in [0.05, 0.1) is 0 Å². The first kappa shape index (κ1) is 15.0. The van der Waals surface area contributed by atoms with Crippen LogP contribution in [0.2, 0.25) is 0 Å². The average Bonchev–Trinajstić information content (AvgIpc) is 2.48. The van der Waals surface area contributed by atoms with E-state index in [1.165, 1.54) is 24.3 Å². The molecule has 0 heterocycles. The van der Waals surface area contributed by atoms with Crippen molar-refractivity contribution in [3.05, 3.63) is 59.9 Å². The van der Waals surface area contributed by atoms with Crippen molar-refractivity contribution in [2.75, 3.05) is 11.9 Å². The number of benzene rings is 2. The SMILES string of the molecule is CC(N)c1cccc(OCC(=O)Nc2ccc(F)cc2)c1. The summed E-state index contributed by atoms with van der Waals surface area (Å²) in [6.07, 6.45) is 0. The quantitative estimate of drug-likeness (QED) is 0.889. The van der Waals surface area contributed by atoms with E-state index in [9.17, 15) is 9.18 Å². The molecule has 0 aliphatic rings. The molecule has 0 bridgehead atoms. The second-order valence-corrected chi connectivity index (χ2v) is 4.70. The number of halogens is 1. The van der Waals surface area contributed by atoms with Gasteiger partial charge in [-0.05, 0) is 48.9 Å². The summed E-state index contributed by atoms with van der Waals surface area (Å²) in [5, 5.41) is 2.62. The molecule has 5 heteroatoms. The van der Waals surface area contributed by atoms with Gasteiger partial charge in [0.15, 0.2) is 6.61 Å². The van der Waals surface area contributed by atoms with Crippen LogP contribution < -0.4 is 15.8 Å². The van der Waals surface area contributed by atoms with E-state index in [4.69, 9.17) is 10.5 Å². The lowest BCUT2D eigenvalue weighted by Gasteiger charge is -2.10. The number of carbonyl (C=O) groups is 1. The molecule has 0 spiro atoms. The van der Waals surface area contributed by atoms with Crippen molar-refractivity contribution in [2.45, 2.75) is 13.0 Å². The molecule has 0 fully saturated rings. The van der Waals surface area contributed by atoms with Gasteiger partial charge >= 0.3 is 0 Å². The zero-order chi connectivity index (χ0) is 15.2. The van der Waals surface area contributed by atoms with Crippen LogP contribution in [-0.4, -0.2) is 12.5 Å². The molecule has 0 saturated heterocycles. The van der Waals surface area contributed by atoms with E-state index in [-0.39, 0.29) is 24.4 Å². The zero-order valence-corrected chi connectivity index (χ0v) is 11.7. The Morgan fingerprint density at radius 3 is 2.67 bits per heavy atom. The molecule has 1 unspecified atom stereocenters. The summed E-state index contributed by atoms with van der Waals surface area (Å²) in [7, 11) is 0. The Hall–Kier alpha value is -2.40. The number of hydrogen-bond acceptors (Lipinski definition) is 3. The summed E-state index contributed by atoms with van der Waals surface area (Å²) in [6, 6.07) is 12.7. The van der Waals surface area contributed by atoms with Crippen molar-refractivity contribution in [3.63, 3.8) is 0 Å². The van der Waals surface area contributed by atoms with Gasteiger partial charge in [0.25, 0.3) is 5.91 Å². The molecule has 0 aliphatic carbocycles. The van der Waals surface area contributed by atoms with Crippen LogP contribution in [0.5, 0.6) is 5.75 Å². The lowest BCUT2D eigenvalue weighted by molar-refractivity contribution is -0.118. The van der Waals surface area contributed by atoms with Crippen LogP contribution in [0.3, 0.4) is 0 Å². The Balaban J connectivity index is 1.89. The number of rotatable bonds is 5. The summed E-state index contributed by atoms with van der Waals surface area (Å²) >= 11 is 0. The Morgan fingerprint density at radius 2 is 2.00 bits per heavy atom. The van der Waals surface area contributed by atoms with E-state index < -0.39 is 0 Å². The molecule has 1 amide bonds. The van der Waals surface area contributed by atoms with E-state index in [1.807, 2.05) is 19.1 Å². The summed E-state index contributed by atoms with van der Waals surface area (Å²) in [5.74, 6) is -0.0798. The number of anilines is 1. The minimum absolute atomic E-state index is 0.0957. The molecule has 0 radical (unpaired) electrons. The van der Waals surface area contributed by atoms with Crippen LogP contribution in [0.4, 0.5) is 10.1 Å². The number of ether oxygens (including phenoxy) is 1. The molecule has 2 aromatic rings. The van der Waals surface area contributed by atoms with E-state index in [0.29, 0.717) is 11.4 Å². The van der Waals surface area contributed by atoms with E-state index in [1.54, 1.807) is 12.1 Å². The summed E-state index contributed by atoms with van der Waals surface area (Å²) < 4.78 is 18.2. The van der Waals surface area contributed by atoms with Gasteiger partial charge in [0, 0.05) is 11.7 Å². The second kappa shape index (κ2) is 6.85. The smallest absolute Gasteiger partial charge is 0.262 e. The largest absolute Gasteiger partial charge is 0.484 e. The third-order valence-electron chi connectivity index (χ3n) is 2.88. The summed E-state index contributed by atoms with van der Waals surface area (Å²) in [4.78, 5) is 11.7. The number of nitrogens with two attached hydrogens (primary N) is 1. The average molecular weight is 288 g/mol. The van der Waals surface area contributed by atoms with Gasteiger partial charge in [-0.3, -0.25) is 4.79 Å². The maximum atomic E-state index is 12.7. The first-order valence-electron chi connectivity index (χ1n) is 6.58. The monoisotopic (exact) mass is 288 g/mol. The Morgan fingerprint density at radius 1 is 1.29 bits per heavy atom. The van der Waals surface area contributed by atoms with Gasteiger partial charge in [-0.15, -0.1) is 0 Å². The highest BCUT2D eigenvalue weighted by molar-refractivity contribution is 5.91. The molecule has 21 heavy (non-hydrogen) atoms. The van der Waals surface area contributed by atoms with Gasteiger partial charge in [-0.1, -0.05) is 12.1 Å². The van der Waals surface area contributed by atoms with Crippen LogP contribution in [0.1, 0.15) is 18.5 Å². The highest BCUT2D eigenvalue weighted by atomic mass is 19.1. The second-order valence-electron chi connectivity index (χ2n) is 4.70. The molecule has 2 rings (SSSR count). The van der Waals surface area contributed by atoms with Gasteiger partial charge in [-0.25, -0.2) is 4.39 Å². The zero-order valence-electron chi connectivity index (χ0n) is 11.7. The number of amides is 1. The van der Waals surface area contributed by atoms with Crippen molar-refractivity contribution >= 4 is 11.6 Å². The van der Waals surface area contributed by atoms with Crippen LogP contribution in [0.15, 0.2) is 48.5 Å². The minimum Gasteiger partial charge on any atom is -0.484 e. The van der Waals surface area contributed by atoms with Crippen LogP contribution >= 0.6 is 0 Å². The molecule has 0 saturated carbocycles. The Kier molecular flexibility index (Phi) is 4.90. The third kappa shape index (κ3) is 4.57. The van der Waals surface area contributed by atoms with Crippen LogP contribution in [0.25, 0.3) is 0 Å². The molecule has 3 N–H and O–H groups in total. The minimum atomic E-state index is -0.350. The van der Waals surface area contributed by atoms with Crippen molar-refractivity contribution < 1.29 is 13.9 Å². The van der Waals surface area contributed by atoms with E-state index in [0.717, 1.165) is 5.56 Å². The fourth-order valence-corrected chi connectivity index (χ4v) is 1.77. The van der Waals surface area contributed by atoms with Crippen molar-refractivity contribution in [1.82, 2.24) is 0 Å². The molecule has 0 aliphatic heterocycles. The van der Waals surface area contributed by atoms with Crippen molar-refractivity contribution in [1.29, 1.82) is 0 Å². The lowest BCUT2D eigenvalue weighted by atomic mass is 10.1. The molecule has 2 aromatic carbocycles. The highest BCUT2D eigenvalue weighted by Crippen LogP contribution is 2.17. The normalized spacial score (nSPS) is 11.8. The fraction of sp³-hybridized carbons (Fsp3) is 0.188. The summed E-state index contributed by atoms with van der Waals surface area (Å²) in [5.41, 5.74) is 7.25. The molecular formula is C16H17FN2O2. The van der Waals surface area contributed by atoms with Gasteiger partial charge < -0.3 is 15.8 Å². The Bertz CT molecular complexity index is 612. The number of carbonyl (C=O) groups excluding carboxylic acids is 1. The molecular weight excluding hydrogens is 271 g/mol. The van der Waals surface area contributed by atoms with Gasteiger partial charge in [0.2, 0.25) is 0 Å². The first-order valence-corrected chi connectivity index (χ1v) is 6.58.